The molecule has 0 N–H and O–H groups in total. The first kappa shape index (κ1) is 10.7. The quantitative estimate of drug-likeness (QED) is 0.497. The Balaban J connectivity index is 2.68. The third-order valence-electron chi connectivity index (χ3n) is 2.00. The molecule has 0 amide bonds. The van der Waals surface area contributed by atoms with Crippen molar-refractivity contribution in [1.82, 2.24) is 9.91 Å². The zero-order valence-electron chi connectivity index (χ0n) is 8.75. The first-order chi connectivity index (χ1) is 6.56. The first-order valence-corrected chi connectivity index (χ1v) is 4.76. The zero-order valence-corrected chi connectivity index (χ0v) is 8.75. The van der Waals surface area contributed by atoms with E-state index < -0.39 is 6.29 Å². The van der Waals surface area contributed by atoms with Gasteiger partial charge in [0.2, 0.25) is 0 Å². The minimum atomic E-state index is -0.817. The molecule has 1 atom stereocenters. The van der Waals surface area contributed by atoms with Crippen molar-refractivity contribution in [1.29, 1.82) is 0 Å². The molecular weight excluding hydrogens is 184 g/mol. The third-order valence-corrected chi connectivity index (χ3v) is 2.00. The molecule has 0 spiro atoms. The van der Waals surface area contributed by atoms with Crippen LogP contribution in [-0.2, 0) is 0 Å². The summed E-state index contributed by atoms with van der Waals surface area (Å²) >= 11 is 0. The molecule has 0 aromatic heterocycles. The summed E-state index contributed by atoms with van der Waals surface area (Å²) in [6.07, 6.45) is 0.735. The van der Waals surface area contributed by atoms with Gasteiger partial charge < -0.3 is 0 Å². The van der Waals surface area contributed by atoms with Crippen molar-refractivity contribution >= 4 is 6.34 Å². The number of hydrogen-bond acceptors (Lipinski definition) is 5. The molecule has 1 aliphatic heterocycles. The highest BCUT2D eigenvalue weighted by molar-refractivity contribution is 5.56. The first-order valence-electron chi connectivity index (χ1n) is 4.76. The van der Waals surface area contributed by atoms with Crippen molar-refractivity contribution in [2.24, 2.45) is 11.0 Å². The highest BCUT2D eigenvalue weighted by Crippen LogP contribution is 2.14. The lowest BCUT2D eigenvalue weighted by Gasteiger charge is -2.23. The molecular formula is C8H16N4O2. The summed E-state index contributed by atoms with van der Waals surface area (Å²) < 4.78 is 0. The van der Waals surface area contributed by atoms with Gasteiger partial charge in [-0.05, 0) is 12.8 Å². The third kappa shape index (κ3) is 2.12. The number of hydrogen-bond donors (Lipinski definition) is 0. The van der Waals surface area contributed by atoms with Crippen molar-refractivity contribution in [2.75, 3.05) is 13.1 Å². The predicted octanol–water partition coefficient (Wildman–Crippen LogP) is 0.784. The topological polar surface area (TPSA) is 62.0 Å². The minimum Gasteiger partial charge on any atom is -0.279 e. The SMILES string of the molecule is CCN1N=CN(CC(C)C)C1[N+](=O)[O-]. The second kappa shape index (κ2) is 4.26. The average molecular weight is 200 g/mol. The number of nitro groups is 1. The van der Waals surface area contributed by atoms with E-state index in [2.05, 4.69) is 5.10 Å². The van der Waals surface area contributed by atoms with Crippen LogP contribution in [0.3, 0.4) is 0 Å². The van der Waals surface area contributed by atoms with Gasteiger partial charge in [0.15, 0.2) is 0 Å². The van der Waals surface area contributed by atoms with E-state index in [9.17, 15) is 10.1 Å². The molecule has 1 aliphatic rings. The van der Waals surface area contributed by atoms with Crippen molar-refractivity contribution in [3.63, 3.8) is 0 Å². The molecule has 14 heavy (non-hydrogen) atoms. The smallest absolute Gasteiger partial charge is 0.279 e. The monoisotopic (exact) mass is 200 g/mol. The summed E-state index contributed by atoms with van der Waals surface area (Å²) in [6, 6.07) is 0. The normalized spacial score (nSPS) is 21.0. The highest BCUT2D eigenvalue weighted by atomic mass is 16.6. The molecule has 1 unspecified atom stereocenters. The van der Waals surface area contributed by atoms with Gasteiger partial charge in [0, 0.05) is 13.1 Å². The van der Waals surface area contributed by atoms with E-state index >= 15 is 0 Å². The minimum absolute atomic E-state index is 0.307. The molecule has 0 aliphatic carbocycles. The molecule has 0 saturated carbocycles. The van der Waals surface area contributed by atoms with E-state index in [4.69, 9.17) is 0 Å². The van der Waals surface area contributed by atoms with Crippen LogP contribution in [0.25, 0.3) is 0 Å². The van der Waals surface area contributed by atoms with Gasteiger partial charge in [-0.1, -0.05) is 13.8 Å². The van der Waals surface area contributed by atoms with Crippen molar-refractivity contribution < 1.29 is 4.92 Å². The fourth-order valence-corrected chi connectivity index (χ4v) is 1.46. The molecule has 0 aromatic rings. The van der Waals surface area contributed by atoms with Crippen LogP contribution in [0.15, 0.2) is 5.10 Å². The van der Waals surface area contributed by atoms with Gasteiger partial charge >= 0.3 is 6.29 Å². The molecule has 0 saturated heterocycles. The van der Waals surface area contributed by atoms with E-state index in [1.807, 2.05) is 20.8 Å². The predicted molar refractivity (Wildman–Crippen MR) is 53.2 cm³/mol. The van der Waals surface area contributed by atoms with Crippen molar-refractivity contribution in [2.45, 2.75) is 27.1 Å². The van der Waals surface area contributed by atoms with Gasteiger partial charge in [0.25, 0.3) is 0 Å². The molecule has 1 heterocycles. The summed E-state index contributed by atoms with van der Waals surface area (Å²) in [5, 5.41) is 16.3. The van der Waals surface area contributed by atoms with E-state index in [-0.39, 0.29) is 4.92 Å². The largest absolute Gasteiger partial charge is 0.383 e. The maximum Gasteiger partial charge on any atom is 0.383 e. The highest BCUT2D eigenvalue weighted by Gasteiger charge is 2.36. The Kier molecular flexibility index (Phi) is 3.27. The summed E-state index contributed by atoms with van der Waals surface area (Å²) in [6.45, 7) is 7.12. The van der Waals surface area contributed by atoms with Crippen LogP contribution in [0.2, 0.25) is 0 Å². The van der Waals surface area contributed by atoms with Gasteiger partial charge in [-0.15, -0.1) is 0 Å². The Morgan fingerprint density at radius 3 is 2.71 bits per heavy atom. The zero-order chi connectivity index (χ0) is 10.7. The fourth-order valence-electron chi connectivity index (χ4n) is 1.46. The molecule has 0 bridgehead atoms. The Morgan fingerprint density at radius 2 is 2.29 bits per heavy atom. The molecule has 1 rings (SSSR count). The Labute approximate surface area is 83.3 Å². The van der Waals surface area contributed by atoms with Gasteiger partial charge in [-0.2, -0.15) is 5.10 Å². The summed E-state index contributed by atoms with van der Waals surface area (Å²) in [5.41, 5.74) is 0. The van der Waals surface area contributed by atoms with Crippen LogP contribution in [-0.4, -0.2) is 40.5 Å². The molecule has 6 nitrogen and oxygen atoms in total. The molecule has 80 valence electrons. The maximum absolute atomic E-state index is 10.8. The van der Waals surface area contributed by atoms with Gasteiger partial charge in [-0.25, -0.2) is 5.01 Å². The van der Waals surface area contributed by atoms with Crippen LogP contribution in [0.1, 0.15) is 20.8 Å². The summed E-state index contributed by atoms with van der Waals surface area (Å²) in [5.74, 6) is 0.390. The van der Waals surface area contributed by atoms with E-state index in [1.165, 1.54) is 5.01 Å². The van der Waals surface area contributed by atoms with E-state index in [0.717, 1.165) is 0 Å². The van der Waals surface area contributed by atoms with Gasteiger partial charge in [0.05, 0.1) is 4.92 Å². The van der Waals surface area contributed by atoms with Gasteiger partial charge in [-0.3, -0.25) is 15.0 Å². The Bertz CT molecular complexity index is 241. The number of hydrazone groups is 1. The lowest BCUT2D eigenvalue weighted by molar-refractivity contribution is -0.570. The van der Waals surface area contributed by atoms with Crippen LogP contribution in [0.5, 0.6) is 0 Å². The Hall–Kier alpha value is -1.33. The molecule has 6 heteroatoms. The molecule has 0 aromatic carbocycles. The number of nitrogens with zero attached hydrogens (tertiary/aromatic N) is 4. The summed E-state index contributed by atoms with van der Waals surface area (Å²) in [4.78, 5) is 12.2. The standard InChI is InChI=1S/C8H16N4O2/c1-4-11-8(12(13)14)10(6-9-11)5-7(2)3/h6-8H,4-5H2,1-3H3. The lowest BCUT2D eigenvalue weighted by Crippen LogP contribution is -2.46. The van der Waals surface area contributed by atoms with E-state index in [1.54, 1.807) is 11.2 Å². The number of rotatable bonds is 4. The lowest BCUT2D eigenvalue weighted by atomic mass is 10.2. The second-order valence-corrected chi connectivity index (χ2v) is 3.71. The summed E-state index contributed by atoms with van der Waals surface area (Å²) in [7, 11) is 0. The van der Waals surface area contributed by atoms with Crippen LogP contribution >= 0.6 is 0 Å². The van der Waals surface area contributed by atoms with Crippen LogP contribution in [0.4, 0.5) is 0 Å². The van der Waals surface area contributed by atoms with Crippen molar-refractivity contribution in [3.05, 3.63) is 10.1 Å². The van der Waals surface area contributed by atoms with Crippen molar-refractivity contribution in [3.8, 4) is 0 Å². The van der Waals surface area contributed by atoms with E-state index in [0.29, 0.717) is 19.0 Å². The molecule has 0 radical (unpaired) electrons. The van der Waals surface area contributed by atoms with Crippen LogP contribution < -0.4 is 0 Å². The second-order valence-electron chi connectivity index (χ2n) is 3.71. The average Bonchev–Trinajstić information content (AvgIpc) is 2.46. The van der Waals surface area contributed by atoms with Crippen LogP contribution in [0, 0.1) is 16.0 Å². The molecule has 0 fully saturated rings. The maximum atomic E-state index is 10.8. The van der Waals surface area contributed by atoms with Gasteiger partial charge in [0.1, 0.15) is 6.34 Å². The fraction of sp³-hybridized carbons (Fsp3) is 0.875. The Morgan fingerprint density at radius 1 is 1.64 bits per heavy atom.